The van der Waals surface area contributed by atoms with E-state index in [1.54, 1.807) is 0 Å². The molecule has 1 rings (SSSR count). The van der Waals surface area contributed by atoms with Crippen LogP contribution in [0.5, 0.6) is 0 Å². The van der Waals surface area contributed by atoms with Crippen LogP contribution in [0.3, 0.4) is 0 Å². The van der Waals surface area contributed by atoms with E-state index in [9.17, 15) is 0 Å². The zero-order valence-electron chi connectivity index (χ0n) is 6.22. The zero-order chi connectivity index (χ0) is 7.40. The van der Waals surface area contributed by atoms with Crippen molar-refractivity contribution >= 4 is 5.69 Å². The zero-order valence-corrected chi connectivity index (χ0v) is 6.22. The summed E-state index contributed by atoms with van der Waals surface area (Å²) in [6.07, 6.45) is 0. The number of para-hydroxylation sites is 1. The normalized spacial score (nSPS) is 9.40. The summed E-state index contributed by atoms with van der Waals surface area (Å²) in [4.78, 5) is 0. The molecule has 0 aliphatic heterocycles. The van der Waals surface area contributed by atoms with Crippen LogP contribution in [-0.2, 0) is 0 Å². The molecule has 0 spiro atoms. The number of hydrogen-bond donors (Lipinski definition) is 1. The van der Waals surface area contributed by atoms with E-state index in [1.807, 2.05) is 12.1 Å². The lowest BCUT2D eigenvalue weighted by Crippen LogP contribution is -1.97. The third kappa shape index (κ3) is 1.50. The summed E-state index contributed by atoms with van der Waals surface area (Å²) in [5.41, 5.74) is 2.45. The molecule has 1 N–H and O–H groups in total. The summed E-state index contributed by atoms with van der Waals surface area (Å²) < 4.78 is 0. The van der Waals surface area contributed by atoms with Gasteiger partial charge >= 0.3 is 0 Å². The summed E-state index contributed by atoms with van der Waals surface area (Å²) >= 11 is 0. The molecule has 0 unspecified atom stereocenters. The number of rotatable bonds is 2. The molecule has 10 heavy (non-hydrogen) atoms. The molecule has 53 valence electrons. The Kier molecular flexibility index (Phi) is 2.32. The van der Waals surface area contributed by atoms with E-state index >= 15 is 0 Å². The third-order valence-corrected chi connectivity index (χ3v) is 1.46. The van der Waals surface area contributed by atoms with Gasteiger partial charge in [-0.2, -0.15) is 0 Å². The summed E-state index contributed by atoms with van der Waals surface area (Å²) in [5, 5.41) is 3.16. The van der Waals surface area contributed by atoms with E-state index in [4.69, 9.17) is 0 Å². The molecule has 0 bridgehead atoms. The fourth-order valence-corrected chi connectivity index (χ4v) is 0.906. The first-order valence-corrected chi connectivity index (χ1v) is 3.43. The largest absolute Gasteiger partial charge is 0.385 e. The van der Waals surface area contributed by atoms with Crippen LogP contribution in [0.2, 0.25) is 0 Å². The Morgan fingerprint density at radius 2 is 2.10 bits per heavy atom. The first-order valence-electron chi connectivity index (χ1n) is 3.43. The van der Waals surface area contributed by atoms with Crippen molar-refractivity contribution in [1.82, 2.24) is 0 Å². The van der Waals surface area contributed by atoms with E-state index in [0.29, 0.717) is 0 Å². The maximum absolute atomic E-state index is 3.71. The summed E-state index contributed by atoms with van der Waals surface area (Å²) in [5.74, 6) is 0. The molecule has 0 saturated carbocycles. The van der Waals surface area contributed by atoms with Crippen molar-refractivity contribution in [2.75, 3.05) is 11.9 Å². The number of aryl methyl sites for hydroxylation is 1. The van der Waals surface area contributed by atoms with Crippen molar-refractivity contribution in [3.05, 3.63) is 36.8 Å². The molecular formula is C9H12N. The quantitative estimate of drug-likeness (QED) is 0.654. The highest BCUT2D eigenvalue weighted by atomic mass is 14.9. The lowest BCUT2D eigenvalue weighted by Gasteiger charge is -2.04. The smallest absolute Gasteiger partial charge is 0.0369 e. The van der Waals surface area contributed by atoms with Gasteiger partial charge in [-0.1, -0.05) is 18.2 Å². The van der Waals surface area contributed by atoms with Gasteiger partial charge in [0.1, 0.15) is 0 Å². The molecule has 1 heteroatoms. The van der Waals surface area contributed by atoms with E-state index in [0.717, 1.165) is 6.54 Å². The van der Waals surface area contributed by atoms with Gasteiger partial charge in [0.25, 0.3) is 0 Å². The number of benzene rings is 1. The highest BCUT2D eigenvalue weighted by molar-refractivity contribution is 5.50. The Hall–Kier alpha value is -0.980. The molecule has 0 heterocycles. The molecule has 0 aromatic heterocycles. The van der Waals surface area contributed by atoms with Crippen molar-refractivity contribution in [1.29, 1.82) is 0 Å². The van der Waals surface area contributed by atoms with Gasteiger partial charge in [0.15, 0.2) is 0 Å². The minimum atomic E-state index is 0.741. The van der Waals surface area contributed by atoms with Gasteiger partial charge < -0.3 is 5.32 Å². The number of anilines is 1. The average molecular weight is 134 g/mol. The van der Waals surface area contributed by atoms with Crippen molar-refractivity contribution in [2.24, 2.45) is 0 Å². The maximum Gasteiger partial charge on any atom is 0.0369 e. The topological polar surface area (TPSA) is 12.0 Å². The van der Waals surface area contributed by atoms with Gasteiger partial charge in [-0.3, -0.25) is 0 Å². The first kappa shape index (κ1) is 7.13. The third-order valence-electron chi connectivity index (χ3n) is 1.46. The summed E-state index contributed by atoms with van der Waals surface area (Å²) in [6.45, 7) is 6.53. The minimum absolute atomic E-state index is 0.741. The molecule has 0 fully saturated rings. The van der Waals surface area contributed by atoms with Crippen LogP contribution in [-0.4, -0.2) is 6.54 Å². The Morgan fingerprint density at radius 1 is 1.40 bits per heavy atom. The number of nitrogens with one attached hydrogen (secondary N) is 1. The van der Waals surface area contributed by atoms with Gasteiger partial charge in [-0.05, 0) is 25.5 Å². The van der Waals surface area contributed by atoms with Crippen LogP contribution >= 0.6 is 0 Å². The standard InChI is InChI=1S/C9H12N/c1-3-10-9-7-5-4-6-8(9)2/h4-7,10H,1,3H2,2H3. The van der Waals surface area contributed by atoms with Crippen LogP contribution in [0.25, 0.3) is 0 Å². The molecule has 1 aromatic carbocycles. The highest BCUT2D eigenvalue weighted by Crippen LogP contribution is 2.11. The van der Waals surface area contributed by atoms with Crippen molar-refractivity contribution in [3.63, 3.8) is 0 Å². The van der Waals surface area contributed by atoms with Crippen LogP contribution < -0.4 is 5.32 Å². The SMILES string of the molecule is [CH2]CNc1ccccc1C. The van der Waals surface area contributed by atoms with Gasteiger partial charge in [0, 0.05) is 12.2 Å². The van der Waals surface area contributed by atoms with Gasteiger partial charge in [0.05, 0.1) is 0 Å². The van der Waals surface area contributed by atoms with E-state index < -0.39 is 0 Å². The number of hydrogen-bond acceptors (Lipinski definition) is 1. The van der Waals surface area contributed by atoms with Gasteiger partial charge in [-0.15, -0.1) is 0 Å². The van der Waals surface area contributed by atoms with Crippen molar-refractivity contribution in [3.8, 4) is 0 Å². The lowest BCUT2D eigenvalue weighted by atomic mass is 10.2. The van der Waals surface area contributed by atoms with E-state index in [2.05, 4.69) is 31.3 Å². The molecule has 0 saturated heterocycles. The van der Waals surface area contributed by atoms with Crippen LogP contribution in [0.1, 0.15) is 5.56 Å². The second-order valence-corrected chi connectivity index (χ2v) is 2.24. The maximum atomic E-state index is 3.71. The van der Waals surface area contributed by atoms with Crippen molar-refractivity contribution < 1.29 is 0 Å². The monoisotopic (exact) mass is 134 g/mol. The molecular weight excluding hydrogens is 122 g/mol. The fraction of sp³-hybridized carbons (Fsp3) is 0.222. The average Bonchev–Trinajstić information content (AvgIpc) is 1.94. The molecule has 0 atom stereocenters. The van der Waals surface area contributed by atoms with Crippen LogP contribution in [0.4, 0.5) is 5.69 Å². The Labute approximate surface area is 62.1 Å². The molecule has 1 nitrogen and oxygen atoms in total. The molecule has 1 aromatic rings. The Balaban J connectivity index is 2.81. The van der Waals surface area contributed by atoms with Gasteiger partial charge in [0.2, 0.25) is 0 Å². The van der Waals surface area contributed by atoms with Crippen LogP contribution in [0.15, 0.2) is 24.3 Å². The minimum Gasteiger partial charge on any atom is -0.385 e. The van der Waals surface area contributed by atoms with Crippen molar-refractivity contribution in [2.45, 2.75) is 6.92 Å². The lowest BCUT2D eigenvalue weighted by molar-refractivity contribution is 1.30. The van der Waals surface area contributed by atoms with E-state index in [-0.39, 0.29) is 0 Å². The highest BCUT2D eigenvalue weighted by Gasteiger charge is 1.90. The van der Waals surface area contributed by atoms with E-state index in [1.165, 1.54) is 11.3 Å². The molecule has 0 aliphatic carbocycles. The Bertz CT molecular complexity index is 206. The first-order chi connectivity index (χ1) is 4.84. The predicted octanol–water partition coefficient (Wildman–Crippen LogP) is 2.24. The molecule has 1 radical (unpaired) electrons. The van der Waals surface area contributed by atoms with Gasteiger partial charge in [-0.25, -0.2) is 0 Å². The van der Waals surface area contributed by atoms with Crippen LogP contribution in [0, 0.1) is 13.8 Å². The fourth-order valence-electron chi connectivity index (χ4n) is 0.906. The molecule has 0 amide bonds. The molecule has 0 aliphatic rings. The second kappa shape index (κ2) is 3.25. The Morgan fingerprint density at radius 3 is 2.70 bits per heavy atom. The second-order valence-electron chi connectivity index (χ2n) is 2.24. The summed E-state index contributed by atoms with van der Waals surface area (Å²) in [7, 11) is 0. The predicted molar refractivity (Wildman–Crippen MR) is 45.0 cm³/mol. The summed E-state index contributed by atoms with van der Waals surface area (Å²) in [6, 6.07) is 8.19.